The van der Waals surface area contributed by atoms with Crippen LogP contribution >= 0.6 is 15.9 Å². The molecule has 0 amide bonds. The van der Waals surface area contributed by atoms with E-state index in [1.165, 1.54) is 12.1 Å². The second-order valence-electron chi connectivity index (χ2n) is 3.68. The fourth-order valence-corrected chi connectivity index (χ4v) is 2.64. The monoisotopic (exact) mass is 326 g/mol. The highest BCUT2D eigenvalue weighted by Gasteiger charge is 2.14. The van der Waals surface area contributed by atoms with E-state index in [0.29, 0.717) is 5.82 Å². The molecule has 0 radical (unpaired) electrons. The third-order valence-corrected chi connectivity index (χ3v) is 4.52. The Morgan fingerprint density at radius 3 is 2.39 bits per heavy atom. The van der Waals surface area contributed by atoms with Gasteiger partial charge in [0.1, 0.15) is 5.82 Å². The molecule has 4 nitrogen and oxygen atoms in total. The smallest absolute Gasteiger partial charge is 0.263 e. The highest BCUT2D eigenvalue weighted by Crippen LogP contribution is 2.18. The van der Waals surface area contributed by atoms with Crippen molar-refractivity contribution in [1.29, 1.82) is 0 Å². The molecule has 6 heteroatoms. The van der Waals surface area contributed by atoms with Crippen LogP contribution in [0, 0.1) is 6.92 Å². The van der Waals surface area contributed by atoms with Crippen LogP contribution in [0.3, 0.4) is 0 Å². The first-order valence-electron chi connectivity index (χ1n) is 5.20. The summed E-state index contributed by atoms with van der Waals surface area (Å²) in [5.41, 5.74) is 0.725. The molecule has 0 aliphatic heterocycles. The standard InChI is InChI=1S/C12H11BrN2O2S/c1-9-11(13)7-8-12(14-9)15-18(16,17)10-5-3-2-4-6-10/h2-8H,1H3,(H,14,15). The number of anilines is 1. The molecule has 2 aromatic rings. The second kappa shape index (κ2) is 5.07. The van der Waals surface area contributed by atoms with Gasteiger partial charge in [0.05, 0.1) is 10.6 Å². The summed E-state index contributed by atoms with van der Waals surface area (Å²) in [6.07, 6.45) is 0. The Kier molecular flexibility index (Phi) is 3.68. The fourth-order valence-electron chi connectivity index (χ4n) is 1.40. The third-order valence-electron chi connectivity index (χ3n) is 2.31. The highest BCUT2D eigenvalue weighted by atomic mass is 79.9. The molecule has 94 valence electrons. The molecule has 0 saturated carbocycles. The lowest BCUT2D eigenvalue weighted by Gasteiger charge is -2.08. The zero-order valence-electron chi connectivity index (χ0n) is 9.59. The van der Waals surface area contributed by atoms with E-state index in [9.17, 15) is 8.42 Å². The normalized spacial score (nSPS) is 11.2. The van der Waals surface area contributed by atoms with Crippen molar-refractivity contribution in [2.24, 2.45) is 0 Å². The van der Waals surface area contributed by atoms with Gasteiger partial charge in [-0.1, -0.05) is 18.2 Å². The van der Waals surface area contributed by atoms with E-state index in [1.807, 2.05) is 0 Å². The van der Waals surface area contributed by atoms with E-state index in [0.717, 1.165) is 10.2 Å². The Hall–Kier alpha value is -1.40. The quantitative estimate of drug-likeness (QED) is 0.943. The van der Waals surface area contributed by atoms with Gasteiger partial charge >= 0.3 is 0 Å². The summed E-state index contributed by atoms with van der Waals surface area (Å²) in [6.45, 7) is 1.80. The van der Waals surface area contributed by atoms with Crippen molar-refractivity contribution in [3.63, 3.8) is 0 Å². The van der Waals surface area contributed by atoms with E-state index in [2.05, 4.69) is 25.6 Å². The number of benzene rings is 1. The Morgan fingerprint density at radius 1 is 1.11 bits per heavy atom. The molecule has 1 aromatic heterocycles. The molecule has 0 atom stereocenters. The van der Waals surface area contributed by atoms with Crippen LogP contribution in [0.25, 0.3) is 0 Å². The molecule has 1 aromatic carbocycles. The van der Waals surface area contributed by atoms with Gasteiger partial charge in [-0.3, -0.25) is 4.72 Å². The largest absolute Gasteiger partial charge is 0.263 e. The number of hydrogen-bond acceptors (Lipinski definition) is 3. The number of aromatic nitrogens is 1. The molecule has 0 unspecified atom stereocenters. The number of nitrogens with zero attached hydrogens (tertiary/aromatic N) is 1. The van der Waals surface area contributed by atoms with Crippen LogP contribution in [0.1, 0.15) is 5.69 Å². The van der Waals surface area contributed by atoms with Crippen molar-refractivity contribution >= 4 is 31.8 Å². The van der Waals surface area contributed by atoms with Gasteiger partial charge in [0.25, 0.3) is 10.0 Å². The number of nitrogens with one attached hydrogen (secondary N) is 1. The van der Waals surface area contributed by atoms with Crippen molar-refractivity contribution < 1.29 is 8.42 Å². The molecule has 2 rings (SSSR count). The predicted molar refractivity (Wildman–Crippen MR) is 73.9 cm³/mol. The summed E-state index contributed by atoms with van der Waals surface area (Å²) < 4.78 is 27.4. The molecule has 1 N–H and O–H groups in total. The SMILES string of the molecule is Cc1nc(NS(=O)(=O)c2ccccc2)ccc1Br. The van der Waals surface area contributed by atoms with Crippen LogP contribution in [0.4, 0.5) is 5.82 Å². The molecule has 0 spiro atoms. The minimum absolute atomic E-state index is 0.215. The van der Waals surface area contributed by atoms with Crippen molar-refractivity contribution in [3.05, 3.63) is 52.6 Å². The second-order valence-corrected chi connectivity index (χ2v) is 6.22. The van der Waals surface area contributed by atoms with E-state index in [1.54, 1.807) is 37.3 Å². The summed E-state index contributed by atoms with van der Waals surface area (Å²) in [4.78, 5) is 4.36. The maximum atomic E-state index is 12.0. The Morgan fingerprint density at radius 2 is 1.78 bits per heavy atom. The Bertz CT molecular complexity index is 657. The Balaban J connectivity index is 2.31. The van der Waals surface area contributed by atoms with Crippen LogP contribution < -0.4 is 4.72 Å². The van der Waals surface area contributed by atoms with Crippen LogP contribution in [0.5, 0.6) is 0 Å². The van der Waals surface area contributed by atoms with E-state index in [-0.39, 0.29) is 4.90 Å². The number of aryl methyl sites for hydroxylation is 1. The van der Waals surface area contributed by atoms with Crippen molar-refractivity contribution in [1.82, 2.24) is 4.98 Å². The first-order chi connectivity index (χ1) is 8.49. The molecular formula is C12H11BrN2O2S. The van der Waals surface area contributed by atoms with Crippen LogP contribution in [-0.4, -0.2) is 13.4 Å². The van der Waals surface area contributed by atoms with Gasteiger partial charge < -0.3 is 0 Å². The number of halogens is 1. The lowest BCUT2D eigenvalue weighted by Crippen LogP contribution is -2.14. The number of sulfonamides is 1. The van der Waals surface area contributed by atoms with Gasteiger partial charge in [-0.25, -0.2) is 13.4 Å². The topological polar surface area (TPSA) is 59.1 Å². The lowest BCUT2D eigenvalue weighted by molar-refractivity contribution is 0.601. The average molecular weight is 327 g/mol. The first-order valence-corrected chi connectivity index (χ1v) is 7.48. The summed E-state index contributed by atoms with van der Waals surface area (Å²) in [7, 11) is -3.57. The van der Waals surface area contributed by atoms with Gasteiger partial charge in [-0.15, -0.1) is 0 Å². The maximum Gasteiger partial charge on any atom is 0.263 e. The summed E-state index contributed by atoms with van der Waals surface area (Å²) in [5.74, 6) is 0.305. The maximum absolute atomic E-state index is 12.0. The van der Waals surface area contributed by atoms with Crippen LogP contribution in [0.2, 0.25) is 0 Å². The van der Waals surface area contributed by atoms with Gasteiger partial charge in [-0.05, 0) is 47.1 Å². The molecule has 1 heterocycles. The minimum atomic E-state index is -3.57. The summed E-state index contributed by atoms with van der Waals surface area (Å²) in [5, 5.41) is 0. The van der Waals surface area contributed by atoms with Crippen LogP contribution in [-0.2, 0) is 10.0 Å². The summed E-state index contributed by atoms with van der Waals surface area (Å²) >= 11 is 3.31. The molecule has 0 bridgehead atoms. The zero-order valence-corrected chi connectivity index (χ0v) is 12.0. The van der Waals surface area contributed by atoms with E-state index >= 15 is 0 Å². The number of hydrogen-bond donors (Lipinski definition) is 1. The third kappa shape index (κ3) is 2.88. The number of pyridine rings is 1. The van der Waals surface area contributed by atoms with Crippen molar-refractivity contribution in [2.75, 3.05) is 4.72 Å². The van der Waals surface area contributed by atoms with Gasteiger partial charge in [0.2, 0.25) is 0 Å². The highest BCUT2D eigenvalue weighted by molar-refractivity contribution is 9.10. The predicted octanol–water partition coefficient (Wildman–Crippen LogP) is 2.95. The molecule has 0 fully saturated rings. The minimum Gasteiger partial charge on any atom is -0.263 e. The van der Waals surface area contributed by atoms with Gasteiger partial charge in [0, 0.05) is 4.47 Å². The molecule has 0 saturated heterocycles. The average Bonchev–Trinajstić information content (AvgIpc) is 2.35. The zero-order chi connectivity index (χ0) is 13.2. The van der Waals surface area contributed by atoms with Crippen molar-refractivity contribution in [3.8, 4) is 0 Å². The molecule has 0 aliphatic carbocycles. The van der Waals surface area contributed by atoms with E-state index < -0.39 is 10.0 Å². The van der Waals surface area contributed by atoms with Gasteiger partial charge in [-0.2, -0.15) is 0 Å². The van der Waals surface area contributed by atoms with Gasteiger partial charge in [0.15, 0.2) is 0 Å². The van der Waals surface area contributed by atoms with Crippen molar-refractivity contribution in [2.45, 2.75) is 11.8 Å². The lowest BCUT2D eigenvalue weighted by atomic mass is 10.4. The molecule has 18 heavy (non-hydrogen) atoms. The fraction of sp³-hybridized carbons (Fsp3) is 0.0833. The molecular weight excluding hydrogens is 316 g/mol. The summed E-state index contributed by atoms with van der Waals surface area (Å²) in [6, 6.07) is 11.6. The first kappa shape index (κ1) is 13.0. The Labute approximate surface area is 114 Å². The molecule has 0 aliphatic rings. The van der Waals surface area contributed by atoms with Crippen LogP contribution in [0.15, 0.2) is 51.8 Å². The van der Waals surface area contributed by atoms with E-state index in [4.69, 9.17) is 0 Å². The number of rotatable bonds is 3.